The number of carbonyl (C=O) groups excluding carboxylic acids is 1. The molecule has 0 bridgehead atoms. The van der Waals surface area contributed by atoms with E-state index in [1.165, 1.54) is 11.8 Å². The minimum absolute atomic E-state index is 0.0985. The van der Waals surface area contributed by atoms with Crippen LogP contribution < -0.4 is 15.1 Å². The van der Waals surface area contributed by atoms with Crippen molar-refractivity contribution in [3.05, 3.63) is 78.0 Å². The van der Waals surface area contributed by atoms with Gasteiger partial charge in [0, 0.05) is 43.6 Å². The maximum absolute atomic E-state index is 13.3. The fraction of sp³-hybridized carbons (Fsp3) is 0.190. The maximum Gasteiger partial charge on any atom is 0.276 e. The first-order chi connectivity index (χ1) is 14.1. The Morgan fingerprint density at radius 2 is 1.55 bits per heavy atom. The number of halogens is 2. The van der Waals surface area contributed by atoms with Crippen molar-refractivity contribution in [2.24, 2.45) is 0 Å². The monoisotopic (exact) mass is 395 g/mol. The van der Waals surface area contributed by atoms with Crippen LogP contribution in [-0.2, 0) is 0 Å². The molecule has 0 atom stereocenters. The molecular weight excluding hydrogens is 376 g/mol. The summed E-state index contributed by atoms with van der Waals surface area (Å²) in [5.41, 5.74) is 1.45. The molecule has 1 N–H and O–H groups in total. The Labute approximate surface area is 166 Å². The van der Waals surface area contributed by atoms with Crippen LogP contribution in [0.25, 0.3) is 0 Å². The molecule has 1 aliphatic rings. The van der Waals surface area contributed by atoms with Crippen LogP contribution in [0.2, 0.25) is 0 Å². The summed E-state index contributed by atoms with van der Waals surface area (Å²) in [5, 5.41) is 10.6. The zero-order chi connectivity index (χ0) is 20.2. The number of benzene rings is 2. The Morgan fingerprint density at radius 3 is 2.21 bits per heavy atom. The van der Waals surface area contributed by atoms with Gasteiger partial charge in [-0.2, -0.15) is 0 Å². The van der Waals surface area contributed by atoms with Gasteiger partial charge in [0.15, 0.2) is 23.1 Å². The van der Waals surface area contributed by atoms with Gasteiger partial charge in [-0.15, -0.1) is 10.2 Å². The lowest BCUT2D eigenvalue weighted by Crippen LogP contribution is -2.46. The van der Waals surface area contributed by atoms with Gasteiger partial charge in [-0.25, -0.2) is 8.78 Å². The fourth-order valence-corrected chi connectivity index (χ4v) is 3.22. The normalized spacial score (nSPS) is 14.0. The Bertz CT molecular complexity index is 990. The number of nitrogens with one attached hydrogen (secondary N) is 1. The van der Waals surface area contributed by atoms with Crippen LogP contribution in [-0.4, -0.2) is 42.3 Å². The van der Waals surface area contributed by atoms with E-state index in [0.29, 0.717) is 5.82 Å². The second-order valence-corrected chi connectivity index (χ2v) is 6.67. The average Bonchev–Trinajstić information content (AvgIpc) is 2.77. The zero-order valence-corrected chi connectivity index (χ0v) is 15.6. The van der Waals surface area contributed by atoms with Crippen LogP contribution in [0.4, 0.5) is 26.0 Å². The van der Waals surface area contributed by atoms with E-state index in [0.717, 1.165) is 38.3 Å². The number of rotatable bonds is 4. The van der Waals surface area contributed by atoms with Crippen LogP contribution in [0, 0.1) is 11.6 Å². The second-order valence-electron chi connectivity index (χ2n) is 6.67. The van der Waals surface area contributed by atoms with E-state index < -0.39 is 17.5 Å². The summed E-state index contributed by atoms with van der Waals surface area (Å²) in [6, 6.07) is 16.7. The number of aromatic nitrogens is 2. The van der Waals surface area contributed by atoms with Gasteiger partial charge in [-0.05, 0) is 36.4 Å². The highest BCUT2D eigenvalue weighted by Crippen LogP contribution is 2.19. The summed E-state index contributed by atoms with van der Waals surface area (Å²) in [6.45, 7) is 3.32. The highest BCUT2D eigenvalue weighted by molar-refractivity contribution is 6.02. The quantitative estimate of drug-likeness (QED) is 0.734. The van der Waals surface area contributed by atoms with Crippen molar-refractivity contribution in [2.45, 2.75) is 0 Å². The Kier molecular flexibility index (Phi) is 5.33. The summed E-state index contributed by atoms with van der Waals surface area (Å²) in [5.74, 6) is -1.84. The molecule has 0 spiro atoms. The van der Waals surface area contributed by atoms with Crippen molar-refractivity contribution >= 4 is 23.1 Å². The predicted molar refractivity (Wildman–Crippen MR) is 107 cm³/mol. The van der Waals surface area contributed by atoms with Gasteiger partial charge in [-0.3, -0.25) is 4.79 Å². The van der Waals surface area contributed by atoms with Crippen LogP contribution in [0.1, 0.15) is 10.5 Å². The molecule has 2 heterocycles. The number of amides is 1. The van der Waals surface area contributed by atoms with Gasteiger partial charge in [0.2, 0.25) is 0 Å². The maximum atomic E-state index is 13.3. The molecule has 1 saturated heterocycles. The van der Waals surface area contributed by atoms with Crippen LogP contribution >= 0.6 is 0 Å². The molecule has 4 rings (SSSR count). The number of hydrogen-bond donors (Lipinski definition) is 1. The van der Waals surface area contributed by atoms with E-state index in [9.17, 15) is 13.6 Å². The SMILES string of the molecule is O=C(Nc1ccc(F)c(F)c1)c1ccc(N2CCN(c3ccccc3)CC2)nn1. The fourth-order valence-electron chi connectivity index (χ4n) is 3.22. The van der Waals surface area contributed by atoms with E-state index >= 15 is 0 Å². The van der Waals surface area contributed by atoms with Gasteiger partial charge in [0.25, 0.3) is 5.91 Å². The third kappa shape index (κ3) is 4.31. The molecule has 0 saturated carbocycles. The highest BCUT2D eigenvalue weighted by Gasteiger charge is 2.19. The topological polar surface area (TPSA) is 61.4 Å². The highest BCUT2D eigenvalue weighted by atomic mass is 19.2. The summed E-state index contributed by atoms with van der Waals surface area (Å²) in [4.78, 5) is 16.7. The van der Waals surface area contributed by atoms with Crippen molar-refractivity contribution in [1.82, 2.24) is 10.2 Å². The van der Waals surface area contributed by atoms with E-state index in [4.69, 9.17) is 0 Å². The number of hydrogen-bond acceptors (Lipinski definition) is 5. The predicted octanol–water partition coefficient (Wildman–Crippen LogP) is 3.33. The molecule has 2 aromatic carbocycles. The lowest BCUT2D eigenvalue weighted by molar-refractivity contribution is 0.102. The van der Waals surface area contributed by atoms with Crippen LogP contribution in [0.5, 0.6) is 0 Å². The number of piperazine rings is 1. The Balaban J connectivity index is 1.36. The van der Waals surface area contributed by atoms with Crippen LogP contribution in [0.15, 0.2) is 60.7 Å². The average molecular weight is 395 g/mol. The summed E-state index contributed by atoms with van der Waals surface area (Å²) in [6.07, 6.45) is 0. The summed E-state index contributed by atoms with van der Waals surface area (Å²) in [7, 11) is 0. The molecule has 29 heavy (non-hydrogen) atoms. The van der Waals surface area contributed by atoms with Gasteiger partial charge in [0.1, 0.15) is 0 Å². The smallest absolute Gasteiger partial charge is 0.276 e. The lowest BCUT2D eigenvalue weighted by atomic mass is 10.2. The standard InChI is InChI=1S/C21H19F2N5O/c22-17-7-6-15(14-18(17)23)24-21(29)19-8-9-20(26-25-19)28-12-10-27(11-13-28)16-4-2-1-3-5-16/h1-9,14H,10-13H2,(H,24,29). The number of para-hydroxylation sites is 1. The van der Waals surface area contributed by atoms with E-state index in [-0.39, 0.29) is 11.4 Å². The molecule has 1 aromatic heterocycles. The summed E-state index contributed by atoms with van der Waals surface area (Å²) < 4.78 is 26.2. The van der Waals surface area contributed by atoms with E-state index in [1.807, 2.05) is 18.2 Å². The van der Waals surface area contributed by atoms with Crippen molar-refractivity contribution in [3.63, 3.8) is 0 Å². The molecule has 1 fully saturated rings. The van der Waals surface area contributed by atoms with Crippen molar-refractivity contribution < 1.29 is 13.6 Å². The number of anilines is 3. The van der Waals surface area contributed by atoms with Gasteiger partial charge >= 0.3 is 0 Å². The summed E-state index contributed by atoms with van der Waals surface area (Å²) >= 11 is 0. The molecule has 0 aliphatic carbocycles. The minimum Gasteiger partial charge on any atom is -0.368 e. The molecule has 8 heteroatoms. The minimum atomic E-state index is -1.03. The largest absolute Gasteiger partial charge is 0.368 e. The number of nitrogens with zero attached hydrogens (tertiary/aromatic N) is 4. The lowest BCUT2D eigenvalue weighted by Gasteiger charge is -2.36. The molecule has 148 valence electrons. The molecule has 3 aromatic rings. The Morgan fingerprint density at radius 1 is 0.828 bits per heavy atom. The van der Waals surface area contributed by atoms with Crippen molar-refractivity contribution in [1.29, 1.82) is 0 Å². The van der Waals surface area contributed by atoms with E-state index in [2.05, 4.69) is 37.4 Å². The zero-order valence-electron chi connectivity index (χ0n) is 15.6. The van der Waals surface area contributed by atoms with Crippen molar-refractivity contribution in [2.75, 3.05) is 41.3 Å². The second kappa shape index (κ2) is 8.22. The van der Waals surface area contributed by atoms with Crippen LogP contribution in [0.3, 0.4) is 0 Å². The Hall–Kier alpha value is -3.55. The first-order valence-electron chi connectivity index (χ1n) is 9.25. The van der Waals surface area contributed by atoms with Gasteiger partial charge < -0.3 is 15.1 Å². The van der Waals surface area contributed by atoms with Gasteiger partial charge in [-0.1, -0.05) is 18.2 Å². The third-order valence-corrected chi connectivity index (χ3v) is 4.79. The molecule has 0 radical (unpaired) electrons. The molecular formula is C21H19F2N5O. The number of carbonyl (C=O) groups is 1. The third-order valence-electron chi connectivity index (χ3n) is 4.79. The van der Waals surface area contributed by atoms with E-state index in [1.54, 1.807) is 12.1 Å². The first kappa shape index (κ1) is 18.8. The molecule has 1 amide bonds. The molecule has 0 unspecified atom stereocenters. The van der Waals surface area contributed by atoms with Gasteiger partial charge in [0.05, 0.1) is 0 Å². The van der Waals surface area contributed by atoms with Crippen molar-refractivity contribution in [3.8, 4) is 0 Å². The first-order valence-corrected chi connectivity index (χ1v) is 9.25. The molecule has 1 aliphatic heterocycles. The molecule has 6 nitrogen and oxygen atoms in total.